The van der Waals surface area contributed by atoms with Gasteiger partial charge in [0.2, 0.25) is 0 Å². The van der Waals surface area contributed by atoms with Gasteiger partial charge in [-0.3, -0.25) is 0 Å². The lowest BCUT2D eigenvalue weighted by Crippen LogP contribution is -2.02. The van der Waals surface area contributed by atoms with E-state index in [1.54, 1.807) is 12.1 Å². The molecule has 0 fully saturated rings. The van der Waals surface area contributed by atoms with Crippen LogP contribution < -0.4 is 0 Å². The van der Waals surface area contributed by atoms with Crippen molar-refractivity contribution in [1.82, 2.24) is 4.98 Å². The van der Waals surface area contributed by atoms with Gasteiger partial charge in [-0.15, -0.1) is 0 Å². The first-order valence-corrected chi connectivity index (χ1v) is 5.65. The smallest absolute Gasteiger partial charge is 0.313 e. The maximum absolute atomic E-state index is 12.9. The number of pyridine rings is 1. The number of hydrogen-bond donors (Lipinski definition) is 0. The van der Waals surface area contributed by atoms with E-state index in [1.165, 1.54) is 36.7 Å². The summed E-state index contributed by atoms with van der Waals surface area (Å²) >= 11 is 5.72. The van der Waals surface area contributed by atoms with E-state index in [9.17, 15) is 9.18 Å². The van der Waals surface area contributed by atoms with Gasteiger partial charge in [-0.1, -0.05) is 28.9 Å². The predicted molar refractivity (Wildman–Crippen MR) is 68.7 cm³/mol. The zero-order valence-corrected chi connectivity index (χ0v) is 10.3. The fourth-order valence-electron chi connectivity index (χ4n) is 1.31. The molecular weight excluding hydrogens is 271 g/mol. The van der Waals surface area contributed by atoms with Crippen molar-refractivity contribution < 1.29 is 14.0 Å². The van der Waals surface area contributed by atoms with Crippen LogP contribution in [0.1, 0.15) is 15.9 Å². The topological polar surface area (TPSA) is 51.5 Å². The lowest BCUT2D eigenvalue weighted by atomic mass is 10.2. The number of benzene rings is 1. The molecule has 0 saturated carbocycles. The predicted octanol–water partition coefficient (Wildman–Crippen LogP) is 3.07. The first-order chi connectivity index (χ1) is 9.16. The van der Waals surface area contributed by atoms with Crippen LogP contribution in [0.3, 0.4) is 0 Å². The van der Waals surface area contributed by atoms with Crippen LogP contribution >= 0.6 is 11.6 Å². The van der Waals surface area contributed by atoms with Gasteiger partial charge in [0, 0.05) is 6.20 Å². The molecule has 2 rings (SSSR count). The molecule has 0 saturated heterocycles. The number of halogens is 2. The lowest BCUT2D eigenvalue weighted by Gasteiger charge is -1.99. The molecule has 96 valence electrons. The summed E-state index contributed by atoms with van der Waals surface area (Å²) in [5, 5.41) is 3.51. The standard InChI is InChI=1S/C13H8ClFN2O2/c14-12-11(5-2-6-16-12)13(18)19-17-8-9-3-1-4-10(15)7-9/h1-8H/b17-8+. The van der Waals surface area contributed by atoms with Crippen molar-refractivity contribution in [3.63, 3.8) is 0 Å². The van der Waals surface area contributed by atoms with E-state index in [1.807, 2.05) is 0 Å². The van der Waals surface area contributed by atoms with Crippen molar-refractivity contribution in [1.29, 1.82) is 0 Å². The fraction of sp³-hybridized carbons (Fsp3) is 0. The molecule has 0 spiro atoms. The average Bonchev–Trinajstić information content (AvgIpc) is 2.39. The van der Waals surface area contributed by atoms with Crippen LogP contribution in [0.4, 0.5) is 4.39 Å². The third-order valence-corrected chi connectivity index (χ3v) is 2.47. The molecule has 0 amide bonds. The van der Waals surface area contributed by atoms with E-state index in [2.05, 4.69) is 15.0 Å². The van der Waals surface area contributed by atoms with Crippen molar-refractivity contribution in [3.05, 3.63) is 64.7 Å². The van der Waals surface area contributed by atoms with Gasteiger partial charge >= 0.3 is 5.97 Å². The first kappa shape index (κ1) is 13.2. The Hall–Kier alpha value is -2.27. The van der Waals surface area contributed by atoms with Crippen molar-refractivity contribution in [2.45, 2.75) is 0 Å². The molecule has 4 nitrogen and oxygen atoms in total. The average molecular weight is 279 g/mol. The number of nitrogens with zero attached hydrogens (tertiary/aromatic N) is 2. The Kier molecular flexibility index (Phi) is 4.20. The fourth-order valence-corrected chi connectivity index (χ4v) is 1.51. The highest BCUT2D eigenvalue weighted by atomic mass is 35.5. The summed E-state index contributed by atoms with van der Waals surface area (Å²) in [6.45, 7) is 0. The van der Waals surface area contributed by atoms with Crippen LogP contribution in [0.15, 0.2) is 47.8 Å². The molecule has 0 radical (unpaired) electrons. The van der Waals surface area contributed by atoms with Gasteiger partial charge in [-0.25, -0.2) is 14.2 Å². The van der Waals surface area contributed by atoms with Gasteiger partial charge in [-0.2, -0.15) is 0 Å². The zero-order valence-electron chi connectivity index (χ0n) is 9.59. The molecule has 1 aromatic heterocycles. The van der Waals surface area contributed by atoms with Crippen LogP contribution in [-0.2, 0) is 4.84 Å². The molecule has 1 heterocycles. The number of carbonyl (C=O) groups is 1. The summed E-state index contributed by atoms with van der Waals surface area (Å²) in [6, 6.07) is 8.73. The number of hydrogen-bond acceptors (Lipinski definition) is 4. The number of carbonyl (C=O) groups excluding carboxylic acids is 1. The SMILES string of the molecule is O=C(O/N=C/c1cccc(F)c1)c1cccnc1Cl. The molecule has 0 aliphatic heterocycles. The van der Waals surface area contributed by atoms with E-state index in [0.29, 0.717) is 5.56 Å². The maximum Gasteiger partial charge on any atom is 0.368 e. The van der Waals surface area contributed by atoms with E-state index in [0.717, 1.165) is 0 Å². The highest BCUT2D eigenvalue weighted by Crippen LogP contribution is 2.12. The van der Waals surface area contributed by atoms with Crippen molar-refractivity contribution >= 4 is 23.8 Å². The Morgan fingerprint density at radius 2 is 2.21 bits per heavy atom. The zero-order chi connectivity index (χ0) is 13.7. The van der Waals surface area contributed by atoms with Crippen LogP contribution in [-0.4, -0.2) is 17.2 Å². The van der Waals surface area contributed by atoms with E-state index in [-0.39, 0.29) is 10.7 Å². The van der Waals surface area contributed by atoms with E-state index < -0.39 is 11.8 Å². The van der Waals surface area contributed by atoms with Gasteiger partial charge in [0.25, 0.3) is 0 Å². The molecule has 0 aliphatic carbocycles. The molecule has 0 atom stereocenters. The maximum atomic E-state index is 12.9. The summed E-state index contributed by atoms with van der Waals surface area (Å²) in [5.74, 6) is -1.13. The molecule has 6 heteroatoms. The first-order valence-electron chi connectivity index (χ1n) is 5.27. The molecule has 0 bridgehead atoms. The number of aromatic nitrogens is 1. The van der Waals surface area contributed by atoms with Gasteiger partial charge < -0.3 is 4.84 Å². The van der Waals surface area contributed by atoms with Crippen LogP contribution in [0.5, 0.6) is 0 Å². The molecule has 1 aromatic carbocycles. The summed E-state index contributed by atoms with van der Waals surface area (Å²) in [7, 11) is 0. The monoisotopic (exact) mass is 278 g/mol. The lowest BCUT2D eigenvalue weighted by molar-refractivity contribution is 0.0519. The third kappa shape index (κ3) is 3.59. The van der Waals surface area contributed by atoms with Crippen LogP contribution in [0.25, 0.3) is 0 Å². The van der Waals surface area contributed by atoms with Crippen molar-refractivity contribution in [2.75, 3.05) is 0 Å². The van der Waals surface area contributed by atoms with Gasteiger partial charge in [-0.05, 0) is 29.8 Å². The molecule has 19 heavy (non-hydrogen) atoms. The summed E-state index contributed by atoms with van der Waals surface area (Å²) in [4.78, 5) is 20.0. The Balaban J connectivity index is 2.03. The van der Waals surface area contributed by atoms with E-state index >= 15 is 0 Å². The van der Waals surface area contributed by atoms with Crippen molar-refractivity contribution in [3.8, 4) is 0 Å². The Morgan fingerprint density at radius 1 is 1.37 bits per heavy atom. The molecular formula is C13H8ClFN2O2. The molecule has 0 unspecified atom stereocenters. The van der Waals surface area contributed by atoms with Crippen LogP contribution in [0, 0.1) is 5.82 Å². The quantitative estimate of drug-likeness (QED) is 0.375. The highest BCUT2D eigenvalue weighted by molar-refractivity contribution is 6.32. The summed E-state index contributed by atoms with van der Waals surface area (Å²) in [5.41, 5.74) is 0.589. The number of rotatable bonds is 3. The minimum Gasteiger partial charge on any atom is -0.313 e. The third-order valence-electron chi connectivity index (χ3n) is 2.17. The Morgan fingerprint density at radius 3 is 2.95 bits per heavy atom. The van der Waals surface area contributed by atoms with Gasteiger partial charge in [0.15, 0.2) is 0 Å². The highest BCUT2D eigenvalue weighted by Gasteiger charge is 2.11. The largest absolute Gasteiger partial charge is 0.368 e. The summed E-state index contributed by atoms with van der Waals surface area (Å²) < 4.78 is 12.9. The second kappa shape index (κ2) is 6.06. The van der Waals surface area contributed by atoms with Gasteiger partial charge in [0.05, 0.1) is 11.8 Å². The summed E-state index contributed by atoms with van der Waals surface area (Å²) in [6.07, 6.45) is 2.68. The number of oxime groups is 1. The minimum absolute atomic E-state index is 0.0356. The Labute approximate surface area is 113 Å². The molecule has 0 aliphatic rings. The molecule has 0 N–H and O–H groups in total. The second-order valence-corrected chi connectivity index (χ2v) is 3.87. The molecule has 2 aromatic rings. The van der Waals surface area contributed by atoms with Gasteiger partial charge in [0.1, 0.15) is 11.0 Å². The Bertz CT molecular complexity index is 632. The van der Waals surface area contributed by atoms with E-state index in [4.69, 9.17) is 11.6 Å². The van der Waals surface area contributed by atoms with Crippen molar-refractivity contribution in [2.24, 2.45) is 5.16 Å². The minimum atomic E-state index is -0.731. The van der Waals surface area contributed by atoms with Crippen LogP contribution in [0.2, 0.25) is 5.15 Å². The normalized spacial score (nSPS) is 10.6. The second-order valence-electron chi connectivity index (χ2n) is 3.51.